The Balaban J connectivity index is 1.91. The third-order valence-corrected chi connectivity index (χ3v) is 4.68. The molecule has 0 unspecified atom stereocenters. The van der Waals surface area contributed by atoms with Gasteiger partial charge >= 0.3 is 0 Å². The minimum Gasteiger partial charge on any atom is -0.388 e. The maximum atomic E-state index is 4.44. The van der Waals surface area contributed by atoms with Crippen LogP contribution in [0.3, 0.4) is 0 Å². The first kappa shape index (κ1) is 17.1. The van der Waals surface area contributed by atoms with Gasteiger partial charge in [-0.2, -0.15) is 0 Å². The maximum absolute atomic E-state index is 4.44. The van der Waals surface area contributed by atoms with Crippen LogP contribution in [0, 0.1) is 0 Å². The summed E-state index contributed by atoms with van der Waals surface area (Å²) in [5.41, 5.74) is 6.78. The molecule has 3 rings (SSSR count). The van der Waals surface area contributed by atoms with Crippen LogP contribution in [0.5, 0.6) is 0 Å². The van der Waals surface area contributed by atoms with E-state index in [1.807, 2.05) is 25.4 Å². The van der Waals surface area contributed by atoms with Crippen LogP contribution in [-0.4, -0.2) is 25.1 Å². The molecule has 1 aromatic heterocycles. The number of nitrogens with zero attached hydrogens (tertiary/aromatic N) is 3. The fourth-order valence-corrected chi connectivity index (χ4v) is 3.17. The predicted octanol–water partition coefficient (Wildman–Crippen LogP) is 4.43. The Morgan fingerprint density at radius 3 is 2.76 bits per heavy atom. The molecule has 4 nitrogen and oxygen atoms in total. The molecule has 2 aromatic rings. The first-order chi connectivity index (χ1) is 12.1. The third-order valence-electron chi connectivity index (χ3n) is 4.68. The monoisotopic (exact) mass is 334 g/mol. The maximum Gasteiger partial charge on any atom is 0.0673 e. The van der Waals surface area contributed by atoms with Crippen molar-refractivity contribution < 1.29 is 0 Å². The van der Waals surface area contributed by atoms with Gasteiger partial charge in [-0.25, -0.2) is 0 Å². The molecule has 0 fully saturated rings. The quantitative estimate of drug-likeness (QED) is 0.847. The van der Waals surface area contributed by atoms with E-state index in [0.717, 1.165) is 48.7 Å². The van der Waals surface area contributed by atoms with Gasteiger partial charge in [0.15, 0.2) is 0 Å². The van der Waals surface area contributed by atoms with Crippen molar-refractivity contribution in [1.82, 2.24) is 4.98 Å². The summed E-state index contributed by atoms with van der Waals surface area (Å²) in [6.07, 6.45) is 3.66. The van der Waals surface area contributed by atoms with E-state index >= 15 is 0 Å². The second-order valence-electron chi connectivity index (χ2n) is 6.25. The van der Waals surface area contributed by atoms with Crippen LogP contribution in [0.1, 0.15) is 19.0 Å². The predicted molar refractivity (Wildman–Crippen MR) is 107 cm³/mol. The van der Waals surface area contributed by atoms with Gasteiger partial charge in [0.05, 0.1) is 17.9 Å². The smallest absolute Gasteiger partial charge is 0.0673 e. The van der Waals surface area contributed by atoms with Crippen LogP contribution in [0.4, 0.5) is 17.1 Å². The number of benzene rings is 1. The molecule has 1 aromatic carbocycles. The van der Waals surface area contributed by atoms with Crippen LogP contribution in [0.25, 0.3) is 0 Å². The number of nitrogens with one attached hydrogen (secondary N) is 1. The molecule has 2 heterocycles. The molecule has 0 amide bonds. The molecular formula is C21H26N4. The Labute approximate surface area is 150 Å². The van der Waals surface area contributed by atoms with Crippen LogP contribution in [0.2, 0.25) is 0 Å². The van der Waals surface area contributed by atoms with Gasteiger partial charge in [-0.1, -0.05) is 26.1 Å². The zero-order valence-corrected chi connectivity index (χ0v) is 15.1. The van der Waals surface area contributed by atoms with E-state index in [9.17, 15) is 0 Å². The van der Waals surface area contributed by atoms with Crippen molar-refractivity contribution in [2.75, 3.05) is 35.3 Å². The van der Waals surface area contributed by atoms with Crippen molar-refractivity contribution in [3.63, 3.8) is 0 Å². The van der Waals surface area contributed by atoms with Crippen molar-refractivity contribution in [3.8, 4) is 0 Å². The van der Waals surface area contributed by atoms with Gasteiger partial charge in [0, 0.05) is 49.0 Å². The van der Waals surface area contributed by atoms with Gasteiger partial charge in [-0.3, -0.25) is 4.98 Å². The van der Waals surface area contributed by atoms with E-state index in [1.165, 1.54) is 11.4 Å². The van der Waals surface area contributed by atoms with E-state index in [1.54, 1.807) is 0 Å². The first-order valence-electron chi connectivity index (χ1n) is 8.76. The standard InChI is InChI=1S/C21H26N4/c1-5-16(2)25-15-17(3)24(13-11-18-8-6-7-12-23-18)20-10-9-19(22-4)14-21(20)25/h6-10,12,14,22H,2-3,5,11,13,15H2,1,4H3. The van der Waals surface area contributed by atoms with E-state index in [2.05, 4.69) is 64.4 Å². The molecule has 130 valence electrons. The summed E-state index contributed by atoms with van der Waals surface area (Å²) < 4.78 is 0. The van der Waals surface area contributed by atoms with Crippen molar-refractivity contribution in [2.24, 2.45) is 0 Å². The van der Waals surface area contributed by atoms with Gasteiger partial charge in [-0.15, -0.1) is 0 Å². The summed E-state index contributed by atoms with van der Waals surface area (Å²) >= 11 is 0. The molecule has 0 spiro atoms. The van der Waals surface area contributed by atoms with Crippen LogP contribution in [-0.2, 0) is 6.42 Å². The molecule has 0 aliphatic carbocycles. The minimum absolute atomic E-state index is 0.773. The average Bonchev–Trinajstić information content (AvgIpc) is 2.66. The molecule has 1 N–H and O–H groups in total. The lowest BCUT2D eigenvalue weighted by molar-refractivity contribution is 0.785. The lowest BCUT2D eigenvalue weighted by Crippen LogP contribution is -2.39. The number of aromatic nitrogens is 1. The Morgan fingerprint density at radius 1 is 1.24 bits per heavy atom. The zero-order valence-electron chi connectivity index (χ0n) is 15.1. The fourth-order valence-electron chi connectivity index (χ4n) is 3.17. The Morgan fingerprint density at radius 2 is 2.08 bits per heavy atom. The van der Waals surface area contributed by atoms with Gasteiger partial charge in [0.1, 0.15) is 0 Å². The SMILES string of the molecule is C=C1CN(C(=C)CC)c2cc(NC)ccc2N1CCc1ccccn1. The summed E-state index contributed by atoms with van der Waals surface area (Å²) in [6.45, 7) is 12.3. The van der Waals surface area contributed by atoms with Crippen LogP contribution in [0.15, 0.2) is 67.1 Å². The largest absolute Gasteiger partial charge is 0.388 e. The first-order valence-corrected chi connectivity index (χ1v) is 8.76. The molecule has 0 bridgehead atoms. The highest BCUT2D eigenvalue weighted by molar-refractivity contribution is 5.81. The summed E-state index contributed by atoms with van der Waals surface area (Å²) in [6, 6.07) is 12.5. The van der Waals surface area contributed by atoms with Gasteiger partial charge in [0.25, 0.3) is 0 Å². The highest BCUT2D eigenvalue weighted by Gasteiger charge is 2.26. The van der Waals surface area contributed by atoms with Crippen molar-refractivity contribution in [2.45, 2.75) is 19.8 Å². The summed E-state index contributed by atoms with van der Waals surface area (Å²) in [5.74, 6) is 0. The lowest BCUT2D eigenvalue weighted by Gasteiger charge is -2.41. The minimum atomic E-state index is 0.773. The number of anilines is 3. The van der Waals surface area contributed by atoms with E-state index in [-0.39, 0.29) is 0 Å². The van der Waals surface area contributed by atoms with E-state index in [4.69, 9.17) is 0 Å². The summed E-state index contributed by atoms with van der Waals surface area (Å²) in [5, 5.41) is 3.23. The van der Waals surface area contributed by atoms with Crippen LogP contribution >= 0.6 is 0 Å². The third kappa shape index (κ3) is 3.53. The van der Waals surface area contributed by atoms with Crippen molar-refractivity contribution in [3.05, 3.63) is 72.8 Å². The Bertz CT molecular complexity index is 767. The van der Waals surface area contributed by atoms with Crippen molar-refractivity contribution in [1.29, 1.82) is 0 Å². The molecule has 4 heteroatoms. The molecule has 0 saturated carbocycles. The Hall–Kier alpha value is -2.75. The number of hydrogen-bond acceptors (Lipinski definition) is 4. The number of fused-ring (bicyclic) bond motifs is 1. The number of hydrogen-bond donors (Lipinski definition) is 1. The molecule has 1 aliphatic heterocycles. The summed E-state index contributed by atoms with van der Waals surface area (Å²) in [7, 11) is 1.95. The zero-order chi connectivity index (χ0) is 17.8. The molecule has 25 heavy (non-hydrogen) atoms. The van der Waals surface area contributed by atoms with E-state index < -0.39 is 0 Å². The summed E-state index contributed by atoms with van der Waals surface area (Å²) in [4.78, 5) is 9.02. The molecule has 0 radical (unpaired) electrons. The number of pyridine rings is 1. The average molecular weight is 334 g/mol. The van der Waals surface area contributed by atoms with Crippen LogP contribution < -0.4 is 15.1 Å². The number of allylic oxidation sites excluding steroid dienone is 1. The van der Waals surface area contributed by atoms with E-state index in [0.29, 0.717) is 0 Å². The second kappa shape index (κ2) is 7.43. The molecule has 0 saturated heterocycles. The normalized spacial score (nSPS) is 13.6. The number of rotatable bonds is 6. The van der Waals surface area contributed by atoms with Gasteiger partial charge < -0.3 is 15.1 Å². The highest BCUT2D eigenvalue weighted by atomic mass is 15.3. The van der Waals surface area contributed by atoms with Gasteiger partial charge in [0.2, 0.25) is 0 Å². The van der Waals surface area contributed by atoms with Gasteiger partial charge in [-0.05, 0) is 36.8 Å². The highest BCUT2D eigenvalue weighted by Crippen LogP contribution is 2.40. The second-order valence-corrected chi connectivity index (χ2v) is 6.25. The van der Waals surface area contributed by atoms with Crippen molar-refractivity contribution >= 4 is 17.1 Å². The molecule has 0 atom stereocenters. The topological polar surface area (TPSA) is 31.4 Å². The fraction of sp³-hybridized carbons (Fsp3) is 0.286. The molecule has 1 aliphatic rings. The Kier molecular flexibility index (Phi) is 5.08. The molecular weight excluding hydrogens is 308 g/mol. The lowest BCUT2D eigenvalue weighted by atomic mass is 10.1.